The van der Waals surface area contributed by atoms with E-state index in [1.807, 2.05) is 18.2 Å². The van der Waals surface area contributed by atoms with E-state index in [1.165, 1.54) is 5.56 Å². The highest BCUT2D eigenvalue weighted by Gasteiger charge is 2.08. The summed E-state index contributed by atoms with van der Waals surface area (Å²) in [7, 11) is 3.27. The molecule has 0 radical (unpaired) electrons. The van der Waals surface area contributed by atoms with Crippen LogP contribution in [0.3, 0.4) is 0 Å². The summed E-state index contributed by atoms with van der Waals surface area (Å²) in [6, 6.07) is 16.3. The maximum atomic E-state index is 5.34. The molecule has 21 heavy (non-hydrogen) atoms. The molecule has 3 heteroatoms. The van der Waals surface area contributed by atoms with Crippen LogP contribution in [0.4, 0.5) is 0 Å². The van der Waals surface area contributed by atoms with E-state index in [9.17, 15) is 0 Å². The first-order valence-electron chi connectivity index (χ1n) is 6.81. The van der Waals surface area contributed by atoms with Gasteiger partial charge in [-0.05, 0) is 19.1 Å². The van der Waals surface area contributed by atoms with Gasteiger partial charge in [-0.15, -0.1) is 0 Å². The Morgan fingerprint density at radius 3 is 2.14 bits per heavy atom. The van der Waals surface area contributed by atoms with Crippen LogP contribution in [0.1, 0.15) is 5.56 Å². The lowest BCUT2D eigenvalue weighted by molar-refractivity contribution is 0.356. The van der Waals surface area contributed by atoms with E-state index >= 15 is 0 Å². The summed E-state index contributed by atoms with van der Waals surface area (Å²) in [4.78, 5) is 4.72. The minimum absolute atomic E-state index is 0.693. The Kier molecular flexibility index (Phi) is 3.48. The van der Waals surface area contributed by atoms with Gasteiger partial charge in [0.25, 0.3) is 0 Å². The SMILES string of the molecule is COc1cc2ccc(-c3ccc(C)cc3)nc2cc1OC. The van der Waals surface area contributed by atoms with Crippen molar-refractivity contribution in [2.24, 2.45) is 0 Å². The number of ether oxygens (including phenoxy) is 2. The summed E-state index contributed by atoms with van der Waals surface area (Å²) in [6.07, 6.45) is 0. The van der Waals surface area contributed by atoms with E-state index in [4.69, 9.17) is 14.5 Å². The molecule has 1 aromatic heterocycles. The Morgan fingerprint density at radius 1 is 0.810 bits per heavy atom. The predicted octanol–water partition coefficient (Wildman–Crippen LogP) is 4.23. The van der Waals surface area contributed by atoms with Gasteiger partial charge in [-0.2, -0.15) is 0 Å². The molecule has 2 aromatic carbocycles. The normalized spacial score (nSPS) is 10.6. The van der Waals surface area contributed by atoms with Gasteiger partial charge in [0, 0.05) is 17.0 Å². The molecule has 0 saturated heterocycles. The third kappa shape index (κ3) is 2.55. The van der Waals surface area contributed by atoms with E-state index in [0.717, 1.165) is 27.9 Å². The molecular weight excluding hydrogens is 262 g/mol. The number of hydrogen-bond donors (Lipinski definition) is 0. The van der Waals surface area contributed by atoms with Gasteiger partial charge in [0.2, 0.25) is 0 Å². The zero-order chi connectivity index (χ0) is 14.8. The Labute approximate surface area is 124 Å². The number of nitrogens with zero attached hydrogens (tertiary/aromatic N) is 1. The fourth-order valence-electron chi connectivity index (χ4n) is 2.34. The van der Waals surface area contributed by atoms with Crippen molar-refractivity contribution in [3.8, 4) is 22.8 Å². The van der Waals surface area contributed by atoms with E-state index in [1.54, 1.807) is 14.2 Å². The van der Waals surface area contributed by atoms with Gasteiger partial charge in [0.1, 0.15) is 0 Å². The van der Waals surface area contributed by atoms with Gasteiger partial charge >= 0.3 is 0 Å². The van der Waals surface area contributed by atoms with Gasteiger partial charge in [-0.1, -0.05) is 35.9 Å². The van der Waals surface area contributed by atoms with Crippen molar-refractivity contribution in [1.29, 1.82) is 0 Å². The summed E-state index contributed by atoms with van der Waals surface area (Å²) < 4.78 is 10.7. The molecule has 0 unspecified atom stereocenters. The number of benzene rings is 2. The van der Waals surface area contributed by atoms with Crippen molar-refractivity contribution in [2.75, 3.05) is 14.2 Å². The molecule has 0 atom stereocenters. The molecule has 0 saturated carbocycles. The highest BCUT2D eigenvalue weighted by atomic mass is 16.5. The van der Waals surface area contributed by atoms with Crippen molar-refractivity contribution in [3.05, 3.63) is 54.1 Å². The summed E-state index contributed by atoms with van der Waals surface area (Å²) in [6.45, 7) is 2.08. The molecule has 3 aromatic rings. The Hall–Kier alpha value is -2.55. The number of aryl methyl sites for hydroxylation is 1. The zero-order valence-corrected chi connectivity index (χ0v) is 12.4. The van der Waals surface area contributed by atoms with Gasteiger partial charge in [0.15, 0.2) is 11.5 Å². The Bertz CT molecular complexity index is 779. The van der Waals surface area contributed by atoms with E-state index in [-0.39, 0.29) is 0 Å². The van der Waals surface area contributed by atoms with Crippen molar-refractivity contribution in [3.63, 3.8) is 0 Å². The molecule has 1 heterocycles. The average Bonchev–Trinajstić information content (AvgIpc) is 2.53. The van der Waals surface area contributed by atoms with Crippen molar-refractivity contribution in [1.82, 2.24) is 4.98 Å². The summed E-state index contributed by atoms with van der Waals surface area (Å²) in [5.41, 5.74) is 4.20. The minimum Gasteiger partial charge on any atom is -0.493 e. The molecule has 3 rings (SSSR count). The number of rotatable bonds is 3. The molecule has 0 aliphatic heterocycles. The summed E-state index contributed by atoms with van der Waals surface area (Å²) >= 11 is 0. The smallest absolute Gasteiger partial charge is 0.162 e. The number of methoxy groups -OCH3 is 2. The fraction of sp³-hybridized carbons (Fsp3) is 0.167. The second-order valence-corrected chi connectivity index (χ2v) is 4.96. The van der Waals surface area contributed by atoms with Crippen LogP contribution in [0, 0.1) is 6.92 Å². The number of aromatic nitrogens is 1. The first-order chi connectivity index (χ1) is 10.2. The Balaban J connectivity index is 2.13. The van der Waals surface area contributed by atoms with Crippen LogP contribution < -0.4 is 9.47 Å². The maximum Gasteiger partial charge on any atom is 0.162 e. The standard InChI is InChI=1S/C18H17NO2/c1-12-4-6-13(7-5-12)15-9-8-14-10-17(20-2)18(21-3)11-16(14)19-15/h4-11H,1-3H3. The molecule has 0 bridgehead atoms. The lowest BCUT2D eigenvalue weighted by atomic mass is 10.1. The largest absolute Gasteiger partial charge is 0.493 e. The van der Waals surface area contributed by atoms with Crippen molar-refractivity contribution in [2.45, 2.75) is 6.92 Å². The zero-order valence-electron chi connectivity index (χ0n) is 12.4. The monoisotopic (exact) mass is 279 g/mol. The lowest BCUT2D eigenvalue weighted by Crippen LogP contribution is -1.92. The van der Waals surface area contributed by atoms with Crippen molar-refractivity contribution >= 4 is 10.9 Å². The lowest BCUT2D eigenvalue weighted by Gasteiger charge is -2.10. The average molecular weight is 279 g/mol. The van der Waals surface area contributed by atoms with Gasteiger partial charge in [0.05, 0.1) is 25.4 Å². The molecule has 0 N–H and O–H groups in total. The van der Waals surface area contributed by atoms with Crippen LogP contribution in [-0.2, 0) is 0 Å². The van der Waals surface area contributed by atoms with Crippen LogP contribution >= 0.6 is 0 Å². The second kappa shape index (κ2) is 5.44. The summed E-state index contributed by atoms with van der Waals surface area (Å²) in [5, 5.41) is 1.03. The molecule has 0 fully saturated rings. The summed E-state index contributed by atoms with van der Waals surface area (Å²) in [5.74, 6) is 1.41. The third-order valence-electron chi connectivity index (χ3n) is 3.54. The van der Waals surface area contributed by atoms with E-state index in [2.05, 4.69) is 37.3 Å². The molecular formula is C18H17NO2. The van der Waals surface area contributed by atoms with Crippen LogP contribution in [0.5, 0.6) is 11.5 Å². The molecule has 0 aliphatic carbocycles. The van der Waals surface area contributed by atoms with E-state index < -0.39 is 0 Å². The minimum atomic E-state index is 0.693. The third-order valence-corrected chi connectivity index (χ3v) is 3.54. The van der Waals surface area contributed by atoms with E-state index in [0.29, 0.717) is 5.75 Å². The highest BCUT2D eigenvalue weighted by molar-refractivity contribution is 5.85. The first kappa shape index (κ1) is 13.4. The van der Waals surface area contributed by atoms with Crippen LogP contribution in [0.2, 0.25) is 0 Å². The molecule has 0 amide bonds. The number of hydrogen-bond acceptors (Lipinski definition) is 3. The maximum absolute atomic E-state index is 5.34. The predicted molar refractivity (Wildman–Crippen MR) is 85.0 cm³/mol. The van der Waals surface area contributed by atoms with Crippen LogP contribution in [0.25, 0.3) is 22.2 Å². The Morgan fingerprint density at radius 2 is 1.48 bits per heavy atom. The highest BCUT2D eigenvalue weighted by Crippen LogP contribution is 2.32. The van der Waals surface area contributed by atoms with Crippen LogP contribution in [-0.4, -0.2) is 19.2 Å². The van der Waals surface area contributed by atoms with Gasteiger partial charge in [-0.3, -0.25) is 0 Å². The molecule has 0 aliphatic rings. The molecule has 0 spiro atoms. The number of fused-ring (bicyclic) bond motifs is 1. The van der Waals surface area contributed by atoms with Crippen LogP contribution in [0.15, 0.2) is 48.5 Å². The van der Waals surface area contributed by atoms with Gasteiger partial charge < -0.3 is 9.47 Å². The van der Waals surface area contributed by atoms with Gasteiger partial charge in [-0.25, -0.2) is 4.98 Å². The quantitative estimate of drug-likeness (QED) is 0.719. The first-order valence-corrected chi connectivity index (χ1v) is 6.81. The molecule has 106 valence electrons. The van der Waals surface area contributed by atoms with Crippen molar-refractivity contribution < 1.29 is 9.47 Å². The molecule has 3 nitrogen and oxygen atoms in total. The topological polar surface area (TPSA) is 31.4 Å². The number of pyridine rings is 1. The second-order valence-electron chi connectivity index (χ2n) is 4.96. The fourth-order valence-corrected chi connectivity index (χ4v) is 2.34.